The summed E-state index contributed by atoms with van der Waals surface area (Å²) in [5, 5.41) is 2.77. The van der Waals surface area contributed by atoms with Crippen molar-refractivity contribution in [2.75, 3.05) is 46.2 Å². The third-order valence-electron chi connectivity index (χ3n) is 9.19. The third-order valence-corrected chi connectivity index (χ3v) is 9.19. The van der Waals surface area contributed by atoms with Crippen molar-refractivity contribution in [1.82, 2.24) is 19.7 Å². The molecule has 1 aliphatic heterocycles. The summed E-state index contributed by atoms with van der Waals surface area (Å²) >= 11 is 0. The number of amides is 3. The minimum absolute atomic E-state index is 0.0281. The van der Waals surface area contributed by atoms with Gasteiger partial charge >= 0.3 is 12.0 Å². The highest BCUT2D eigenvalue weighted by atomic mass is 16.5. The van der Waals surface area contributed by atoms with Crippen molar-refractivity contribution in [3.63, 3.8) is 0 Å². The van der Waals surface area contributed by atoms with E-state index in [0.717, 1.165) is 32.2 Å². The van der Waals surface area contributed by atoms with Gasteiger partial charge in [0.15, 0.2) is 0 Å². The van der Waals surface area contributed by atoms with Crippen molar-refractivity contribution in [2.45, 2.75) is 56.0 Å². The lowest BCUT2D eigenvalue weighted by molar-refractivity contribution is -0.116. The van der Waals surface area contributed by atoms with Gasteiger partial charge in [-0.25, -0.2) is 14.6 Å². The van der Waals surface area contributed by atoms with Crippen LogP contribution in [0.1, 0.15) is 60.9 Å². The fraction of sp³-hybridized carbons (Fsp3) is 0.533. The van der Waals surface area contributed by atoms with Gasteiger partial charge in [0, 0.05) is 24.8 Å². The first-order chi connectivity index (χ1) is 18.8. The van der Waals surface area contributed by atoms with Crippen LogP contribution >= 0.6 is 0 Å². The molecule has 1 spiro atoms. The fourth-order valence-electron chi connectivity index (χ4n) is 6.57. The van der Waals surface area contributed by atoms with Gasteiger partial charge < -0.3 is 19.9 Å². The molecule has 0 unspecified atom stereocenters. The Labute approximate surface area is 230 Å². The second kappa shape index (κ2) is 11.0. The number of carbonyl (C=O) groups is 3. The van der Waals surface area contributed by atoms with Gasteiger partial charge in [-0.1, -0.05) is 36.8 Å². The van der Waals surface area contributed by atoms with Crippen molar-refractivity contribution in [3.8, 4) is 0 Å². The lowest BCUT2D eigenvalue weighted by Crippen LogP contribution is -2.56. The molecule has 2 aliphatic carbocycles. The van der Waals surface area contributed by atoms with E-state index < -0.39 is 5.97 Å². The molecule has 0 bridgehead atoms. The topological polar surface area (TPSA) is 95.1 Å². The lowest BCUT2D eigenvalue weighted by atomic mass is 9.68. The number of methoxy groups -OCH3 is 1. The maximum atomic E-state index is 13.8. The highest BCUT2D eigenvalue weighted by Crippen LogP contribution is 2.49. The number of esters is 1. The van der Waals surface area contributed by atoms with Gasteiger partial charge in [0.2, 0.25) is 5.91 Å². The van der Waals surface area contributed by atoms with Crippen molar-refractivity contribution in [2.24, 2.45) is 5.92 Å². The van der Waals surface area contributed by atoms with Crippen LogP contribution < -0.4 is 5.32 Å². The number of nitrogens with zero attached hydrogens (tertiary/aromatic N) is 4. The number of benzene rings is 1. The molecule has 1 aromatic heterocycles. The number of nitrogens with one attached hydrogen (secondary N) is 1. The number of aromatic nitrogens is 1. The number of pyridine rings is 1. The van der Waals surface area contributed by atoms with E-state index in [1.165, 1.54) is 38.1 Å². The molecule has 3 amide bonds. The van der Waals surface area contributed by atoms with Gasteiger partial charge in [0.05, 0.1) is 18.2 Å². The van der Waals surface area contributed by atoms with E-state index in [4.69, 9.17) is 4.74 Å². The molecule has 1 saturated heterocycles. The Hall–Kier alpha value is -3.46. The van der Waals surface area contributed by atoms with Crippen LogP contribution in [-0.4, -0.2) is 84.0 Å². The maximum Gasteiger partial charge on any atom is 0.339 e. The third kappa shape index (κ3) is 5.24. The molecule has 208 valence electrons. The Morgan fingerprint density at radius 1 is 1.08 bits per heavy atom. The summed E-state index contributed by atoms with van der Waals surface area (Å²) in [5.41, 5.74) is 1.30. The Morgan fingerprint density at radius 3 is 2.36 bits per heavy atom. The molecule has 3 fully saturated rings. The number of anilines is 1. The Morgan fingerprint density at radius 2 is 1.79 bits per heavy atom. The largest absolute Gasteiger partial charge is 0.465 e. The predicted octanol–water partition coefficient (Wildman–Crippen LogP) is 4.11. The van der Waals surface area contributed by atoms with E-state index in [-0.39, 0.29) is 29.6 Å². The molecule has 1 N–H and O–H groups in total. The molecule has 1 aromatic carbocycles. The van der Waals surface area contributed by atoms with Crippen LogP contribution in [0.4, 0.5) is 10.6 Å². The van der Waals surface area contributed by atoms with Crippen LogP contribution in [-0.2, 0) is 15.1 Å². The molecule has 2 heterocycles. The molecule has 39 heavy (non-hydrogen) atoms. The molecule has 9 nitrogen and oxygen atoms in total. The molecule has 2 aromatic rings. The second-order valence-corrected chi connectivity index (χ2v) is 11.5. The van der Waals surface area contributed by atoms with Crippen LogP contribution in [0.15, 0.2) is 48.7 Å². The lowest BCUT2D eigenvalue weighted by Gasteiger charge is -2.51. The number of carbonyl (C=O) groups excluding carboxylic acids is 3. The summed E-state index contributed by atoms with van der Waals surface area (Å²) in [4.78, 5) is 48.7. The number of urea groups is 1. The average Bonchev–Trinajstić information content (AvgIpc) is 3.16. The highest BCUT2D eigenvalue weighted by molar-refractivity contribution is 5.95. The van der Waals surface area contributed by atoms with Crippen LogP contribution in [0.3, 0.4) is 0 Å². The summed E-state index contributed by atoms with van der Waals surface area (Å²) in [7, 11) is 5.61. The van der Waals surface area contributed by atoms with Crippen molar-refractivity contribution < 1.29 is 19.1 Å². The predicted molar refractivity (Wildman–Crippen MR) is 148 cm³/mol. The first kappa shape index (κ1) is 27.1. The van der Waals surface area contributed by atoms with Crippen molar-refractivity contribution in [1.29, 1.82) is 0 Å². The monoisotopic (exact) mass is 533 g/mol. The average molecular weight is 534 g/mol. The standard InChI is InChI=1S/C30H39N5O4/c1-33(2)30(24-10-5-4-6-11-24)16-14-29(15-17-30)21-34(28(38)35(29)19-22-8-7-9-22)20-26(36)32-25-13-12-23(18-31-25)27(37)39-3/h4-6,10-13,18,22H,7-9,14-17,19-21H2,1-3H3,(H,31,32,36)/t29-,30-. The van der Waals surface area contributed by atoms with Gasteiger partial charge in [0.1, 0.15) is 12.4 Å². The van der Waals surface area contributed by atoms with Crippen LogP contribution in [0.5, 0.6) is 0 Å². The molecule has 2 saturated carbocycles. The zero-order valence-electron chi connectivity index (χ0n) is 23.2. The Bertz CT molecular complexity index is 1190. The zero-order valence-corrected chi connectivity index (χ0v) is 23.2. The summed E-state index contributed by atoms with van der Waals surface area (Å²) in [6, 6.07) is 13.8. The molecule has 5 rings (SSSR count). The van der Waals surface area contributed by atoms with Crippen molar-refractivity contribution >= 4 is 23.7 Å². The fourth-order valence-corrected chi connectivity index (χ4v) is 6.57. The quantitative estimate of drug-likeness (QED) is 0.513. The number of rotatable bonds is 8. The summed E-state index contributed by atoms with van der Waals surface area (Å²) < 4.78 is 4.70. The Kier molecular flexibility index (Phi) is 7.62. The molecule has 3 aliphatic rings. The second-order valence-electron chi connectivity index (χ2n) is 11.5. The smallest absolute Gasteiger partial charge is 0.339 e. The first-order valence-corrected chi connectivity index (χ1v) is 13.9. The highest BCUT2D eigenvalue weighted by Gasteiger charge is 2.55. The SMILES string of the molecule is COC(=O)c1ccc(NC(=O)CN2C[C@]3(CC[C@@](c4ccccc4)(N(C)C)CC3)N(CC3CCC3)C2=O)nc1. The van der Waals surface area contributed by atoms with E-state index >= 15 is 0 Å². The van der Waals surface area contributed by atoms with E-state index in [0.29, 0.717) is 23.8 Å². The summed E-state index contributed by atoms with van der Waals surface area (Å²) in [6.45, 7) is 1.30. The van der Waals surface area contributed by atoms with Crippen LogP contribution in [0.25, 0.3) is 0 Å². The molecular formula is C30H39N5O4. The van der Waals surface area contributed by atoms with Gasteiger partial charge in [0.25, 0.3) is 0 Å². The molecule has 0 radical (unpaired) electrons. The molecular weight excluding hydrogens is 494 g/mol. The summed E-state index contributed by atoms with van der Waals surface area (Å²) in [5.74, 6) is 0.0892. The minimum atomic E-state index is -0.488. The van der Waals surface area contributed by atoms with Gasteiger partial charge in [-0.15, -0.1) is 0 Å². The van der Waals surface area contributed by atoms with Gasteiger partial charge in [-0.3, -0.25) is 9.69 Å². The first-order valence-electron chi connectivity index (χ1n) is 13.9. The number of hydrogen-bond acceptors (Lipinski definition) is 6. The van der Waals surface area contributed by atoms with E-state index in [1.54, 1.807) is 17.0 Å². The van der Waals surface area contributed by atoms with Crippen LogP contribution in [0.2, 0.25) is 0 Å². The molecule has 9 heteroatoms. The van der Waals surface area contributed by atoms with Gasteiger partial charge in [-0.05, 0) is 76.2 Å². The van der Waals surface area contributed by atoms with Crippen LogP contribution in [0, 0.1) is 5.92 Å². The maximum absolute atomic E-state index is 13.8. The van der Waals surface area contributed by atoms with Crippen molar-refractivity contribution in [3.05, 3.63) is 59.8 Å². The molecule has 0 atom stereocenters. The zero-order chi connectivity index (χ0) is 27.6. The van der Waals surface area contributed by atoms with E-state index in [1.807, 2.05) is 0 Å². The van der Waals surface area contributed by atoms with E-state index in [2.05, 4.69) is 64.5 Å². The minimum Gasteiger partial charge on any atom is -0.465 e. The number of ether oxygens (including phenoxy) is 1. The number of hydrogen-bond donors (Lipinski definition) is 1. The summed E-state index contributed by atoms with van der Waals surface area (Å²) in [6.07, 6.45) is 8.62. The normalized spacial score (nSPS) is 25.2. The Balaban J connectivity index is 1.30. The van der Waals surface area contributed by atoms with Gasteiger partial charge in [-0.2, -0.15) is 0 Å². The van der Waals surface area contributed by atoms with E-state index in [9.17, 15) is 14.4 Å².